The zero-order valence-electron chi connectivity index (χ0n) is 40.6. The Morgan fingerprint density at radius 2 is 1.58 bits per heavy atom. The molecule has 4 aliphatic rings. The number of cyclic esters (lactones) is 1. The molecule has 14 nitrogen and oxygen atoms in total. The van der Waals surface area contributed by atoms with Crippen LogP contribution in [0.5, 0.6) is 0 Å². The van der Waals surface area contributed by atoms with Crippen LogP contribution >= 0.6 is 0 Å². The molecule has 3 heterocycles. The van der Waals surface area contributed by atoms with E-state index in [1.165, 1.54) is 12.0 Å². The highest BCUT2D eigenvalue weighted by Gasteiger charge is 2.53. The number of esters is 1. The molecule has 14 heteroatoms. The Kier molecular flexibility index (Phi) is 21.0. The predicted octanol–water partition coefficient (Wildman–Crippen LogP) is 6.18. The van der Waals surface area contributed by atoms with Gasteiger partial charge >= 0.3 is 5.97 Å². The van der Waals surface area contributed by atoms with E-state index in [0.717, 1.165) is 12.0 Å². The van der Waals surface area contributed by atoms with Crippen molar-refractivity contribution in [2.45, 2.75) is 180 Å². The van der Waals surface area contributed by atoms with Gasteiger partial charge < -0.3 is 43.9 Å². The lowest BCUT2D eigenvalue weighted by atomic mass is 9.78. The van der Waals surface area contributed by atoms with E-state index in [0.29, 0.717) is 63.4 Å². The summed E-state index contributed by atoms with van der Waals surface area (Å²) in [6.45, 7) is 12.7. The molecule has 0 aromatic heterocycles. The summed E-state index contributed by atoms with van der Waals surface area (Å²) in [6, 6.07) is -1.14. The summed E-state index contributed by atoms with van der Waals surface area (Å²) in [6.07, 6.45) is 11.2. The SMILES string of the molecule is CO[C@H]1CC2CC[C@@H](C)[C@@](O)(O2)C(=O)C(=O)N2CCCCC2C(=O)O[C@H]([C@H](C)C[C@@H]2CC[C@@H](O)[C@H](OC)C2)CC(=O)C(C)=CC(C)[C@@H](O)[C@@H](OC)C(=O)[C@H](C)C[C@H](C)C=CC=CC=C1C. The topological polar surface area (TPSA) is 195 Å². The van der Waals surface area contributed by atoms with Crippen LogP contribution in [0.1, 0.15) is 126 Å². The first-order valence-corrected chi connectivity index (χ1v) is 23.9. The molecule has 2 saturated heterocycles. The molecule has 2 bridgehead atoms. The largest absolute Gasteiger partial charge is 0.460 e. The predicted molar refractivity (Wildman–Crippen MR) is 245 cm³/mol. The van der Waals surface area contributed by atoms with Gasteiger partial charge in [0.05, 0.1) is 30.5 Å². The minimum atomic E-state index is -2.43. The number of Topliss-reactive ketones (excluding diaryl/α,β-unsaturated/α-hetero) is 3. The van der Waals surface area contributed by atoms with Crippen molar-refractivity contribution >= 4 is 29.2 Å². The zero-order chi connectivity index (χ0) is 48.2. The molecule has 15 atom stereocenters. The summed E-state index contributed by atoms with van der Waals surface area (Å²) in [5.41, 5.74) is 1.19. The standard InChI is InChI=1S/C51H79NO13/c1-30-16-12-11-13-17-31(2)42(61-8)28-38-21-19-36(7)51(60,65-38)48(57)49(58)52-23-15-14-18-39(52)50(59)64-43(33(4)26-37-20-22-40(53)44(27-37)62-9)29-41(54)32(3)25-35(6)46(56)47(63-10)45(55)34(5)24-30/h11-13,16-17,25,30,33-40,42-44,46-47,53,56,60H,14-15,18-24,26-29H2,1-10H3/t30-,33-,34-,35?,36-,37+,38?,39?,40-,42+,43+,44-,46-,47+,51-/m1/s1. The fourth-order valence-corrected chi connectivity index (χ4v) is 10.1. The molecule has 0 aromatic rings. The van der Waals surface area contributed by atoms with Crippen molar-refractivity contribution in [2.75, 3.05) is 27.9 Å². The van der Waals surface area contributed by atoms with Gasteiger partial charge in [0.15, 0.2) is 11.6 Å². The van der Waals surface area contributed by atoms with Crippen LogP contribution in [0.4, 0.5) is 0 Å². The molecule has 0 aromatic carbocycles. The van der Waals surface area contributed by atoms with E-state index < -0.39 is 83.9 Å². The fourth-order valence-electron chi connectivity index (χ4n) is 10.1. The Morgan fingerprint density at radius 1 is 0.862 bits per heavy atom. The summed E-state index contributed by atoms with van der Waals surface area (Å²) in [7, 11) is 4.53. The van der Waals surface area contributed by atoms with Gasteiger partial charge in [0, 0.05) is 58.5 Å². The van der Waals surface area contributed by atoms with E-state index in [4.69, 9.17) is 23.7 Å². The van der Waals surface area contributed by atoms with Crippen LogP contribution in [0.15, 0.2) is 47.6 Å². The number of rotatable bonds is 6. The average molecular weight is 914 g/mol. The monoisotopic (exact) mass is 914 g/mol. The average Bonchev–Trinajstić information content (AvgIpc) is 3.28. The lowest BCUT2D eigenvalue weighted by Gasteiger charge is -2.42. The molecule has 1 aliphatic carbocycles. The maximum absolute atomic E-state index is 14.4. The molecule has 3 N–H and O–H groups in total. The normalized spacial score (nSPS) is 37.8. The number of methoxy groups -OCH3 is 3. The van der Waals surface area contributed by atoms with Gasteiger partial charge in [-0.3, -0.25) is 19.2 Å². The number of amides is 1. The van der Waals surface area contributed by atoms with Crippen molar-refractivity contribution < 1.29 is 63.0 Å². The third-order valence-corrected chi connectivity index (χ3v) is 14.5. The quantitative estimate of drug-likeness (QED) is 0.202. The Morgan fingerprint density at radius 3 is 2.26 bits per heavy atom. The minimum absolute atomic E-state index is 0.0220. The number of fused-ring (bicyclic) bond motifs is 3. The van der Waals surface area contributed by atoms with Crippen LogP contribution in [0.2, 0.25) is 0 Å². The highest BCUT2D eigenvalue weighted by atomic mass is 16.6. The number of hydrogen-bond donors (Lipinski definition) is 3. The number of hydrogen-bond acceptors (Lipinski definition) is 13. The van der Waals surface area contributed by atoms with Gasteiger partial charge in [0.1, 0.15) is 18.2 Å². The van der Waals surface area contributed by atoms with Crippen LogP contribution in [0.3, 0.4) is 0 Å². The summed E-state index contributed by atoms with van der Waals surface area (Å²) >= 11 is 0. The smallest absolute Gasteiger partial charge is 0.329 e. The first-order chi connectivity index (χ1) is 30.7. The van der Waals surface area contributed by atoms with Crippen molar-refractivity contribution in [3.05, 3.63) is 47.6 Å². The zero-order valence-corrected chi connectivity index (χ0v) is 40.6. The van der Waals surface area contributed by atoms with Gasteiger partial charge in [0.2, 0.25) is 5.79 Å². The van der Waals surface area contributed by atoms with Crippen molar-refractivity contribution in [3.8, 4) is 0 Å². The summed E-state index contributed by atoms with van der Waals surface area (Å²) in [5, 5.41) is 33.9. The minimum Gasteiger partial charge on any atom is -0.460 e. The van der Waals surface area contributed by atoms with Crippen molar-refractivity contribution in [1.82, 2.24) is 4.90 Å². The lowest BCUT2D eigenvalue weighted by Crippen LogP contribution is -2.61. The number of ether oxygens (including phenoxy) is 5. The lowest BCUT2D eigenvalue weighted by molar-refractivity contribution is -0.265. The number of piperidine rings is 1. The van der Waals surface area contributed by atoms with E-state index in [2.05, 4.69) is 0 Å². The van der Waals surface area contributed by atoms with E-state index in [1.807, 2.05) is 58.1 Å². The van der Waals surface area contributed by atoms with Gasteiger partial charge in [0.25, 0.3) is 11.7 Å². The Bertz CT molecular complexity index is 1760. The molecule has 4 rings (SSSR count). The molecule has 1 amide bonds. The maximum Gasteiger partial charge on any atom is 0.329 e. The van der Waals surface area contributed by atoms with Gasteiger partial charge in [-0.2, -0.15) is 0 Å². The second kappa shape index (κ2) is 25.1. The van der Waals surface area contributed by atoms with Gasteiger partial charge in [-0.15, -0.1) is 0 Å². The number of carbonyl (C=O) groups excluding carboxylic acids is 5. The van der Waals surface area contributed by atoms with E-state index in [-0.39, 0.29) is 54.8 Å². The fraction of sp³-hybridized carbons (Fsp3) is 0.745. The molecule has 1 saturated carbocycles. The molecule has 366 valence electrons. The summed E-state index contributed by atoms with van der Waals surface area (Å²) in [4.78, 5) is 71.7. The molecule has 0 spiro atoms. The van der Waals surface area contributed by atoms with Crippen LogP contribution in [-0.4, -0.2) is 132 Å². The Hall–Kier alpha value is -3.37. The third kappa shape index (κ3) is 14.3. The Balaban J connectivity index is 1.70. The van der Waals surface area contributed by atoms with Gasteiger partial charge in [-0.05, 0) is 107 Å². The summed E-state index contributed by atoms with van der Waals surface area (Å²) < 4.78 is 29.4. The van der Waals surface area contributed by atoms with E-state index >= 15 is 0 Å². The number of ketones is 3. The van der Waals surface area contributed by atoms with Crippen molar-refractivity contribution in [3.63, 3.8) is 0 Å². The van der Waals surface area contributed by atoms with E-state index in [1.54, 1.807) is 41.1 Å². The maximum atomic E-state index is 14.4. The molecule has 3 aliphatic heterocycles. The first-order valence-electron chi connectivity index (χ1n) is 23.9. The number of aliphatic hydroxyl groups is 3. The number of aliphatic hydroxyl groups excluding tert-OH is 2. The van der Waals surface area contributed by atoms with Crippen molar-refractivity contribution in [2.24, 2.45) is 35.5 Å². The first kappa shape index (κ1) is 54.2. The van der Waals surface area contributed by atoms with Crippen LogP contribution < -0.4 is 0 Å². The molecule has 65 heavy (non-hydrogen) atoms. The molecular formula is C51H79NO13. The number of nitrogens with zero attached hydrogens (tertiary/aromatic N) is 1. The second-order valence-corrected chi connectivity index (χ2v) is 19.6. The highest BCUT2D eigenvalue weighted by Crippen LogP contribution is 2.38. The van der Waals surface area contributed by atoms with Crippen LogP contribution in [-0.2, 0) is 47.7 Å². The molecule has 3 fully saturated rings. The van der Waals surface area contributed by atoms with Crippen LogP contribution in [0.25, 0.3) is 0 Å². The highest BCUT2D eigenvalue weighted by molar-refractivity contribution is 6.39. The van der Waals surface area contributed by atoms with Crippen LogP contribution in [0, 0.1) is 35.5 Å². The Labute approximate surface area is 387 Å². The summed E-state index contributed by atoms with van der Waals surface area (Å²) in [5.74, 6) is -7.93. The van der Waals surface area contributed by atoms with Gasteiger partial charge in [-0.25, -0.2) is 4.79 Å². The van der Waals surface area contributed by atoms with Crippen molar-refractivity contribution in [1.29, 1.82) is 0 Å². The van der Waals surface area contributed by atoms with Gasteiger partial charge in [-0.1, -0.05) is 71.1 Å². The second-order valence-electron chi connectivity index (χ2n) is 19.6. The number of allylic oxidation sites excluding steroid dienone is 6. The number of carbonyl (C=O) groups is 5. The third-order valence-electron chi connectivity index (χ3n) is 14.5. The molecule has 0 radical (unpaired) electrons. The van der Waals surface area contributed by atoms with E-state index in [9.17, 15) is 39.3 Å². The molecular weight excluding hydrogens is 835 g/mol. The molecule has 3 unspecified atom stereocenters.